The van der Waals surface area contributed by atoms with Crippen molar-refractivity contribution in [3.63, 3.8) is 0 Å². The van der Waals surface area contributed by atoms with Gasteiger partial charge in [-0.3, -0.25) is 4.57 Å². The molecular weight excluding hydrogens is 791 g/mol. The Hall–Kier alpha value is -6.46. The van der Waals surface area contributed by atoms with Gasteiger partial charge in [-0.15, -0.1) is 22.7 Å². The number of benzene rings is 7. The molecule has 4 heteroatoms. The molecule has 62 heavy (non-hydrogen) atoms. The van der Waals surface area contributed by atoms with Crippen molar-refractivity contribution >= 4 is 66.4 Å². The molecule has 0 fully saturated rings. The lowest BCUT2D eigenvalue weighted by Crippen LogP contribution is -2.50. The van der Waals surface area contributed by atoms with Gasteiger partial charge in [-0.25, -0.2) is 0 Å². The van der Waals surface area contributed by atoms with Crippen LogP contribution in [0.5, 0.6) is 0 Å². The molecule has 0 aliphatic heterocycles. The van der Waals surface area contributed by atoms with Crippen molar-refractivity contribution in [2.75, 3.05) is 0 Å². The Kier molecular flexibility index (Phi) is 6.64. The van der Waals surface area contributed by atoms with Gasteiger partial charge >= 0.3 is 0 Å². The third kappa shape index (κ3) is 3.91. The van der Waals surface area contributed by atoms with E-state index in [1.807, 2.05) is 22.7 Å². The second-order valence-electron chi connectivity index (χ2n) is 18.7. The van der Waals surface area contributed by atoms with Crippen molar-refractivity contribution in [1.82, 2.24) is 4.57 Å². The third-order valence-electron chi connectivity index (χ3n) is 15.3. The predicted octanol–water partition coefficient (Wildman–Crippen LogP) is 15.2. The summed E-state index contributed by atoms with van der Waals surface area (Å²) < 4.78 is 9.48. The topological polar surface area (TPSA) is 18.1 Å². The number of hydrogen-bond donors (Lipinski definition) is 0. The average Bonchev–Trinajstić information content (AvgIpc) is 4.12. The number of furan rings is 1. The van der Waals surface area contributed by atoms with E-state index < -0.39 is 10.8 Å². The summed E-state index contributed by atoms with van der Waals surface area (Å²) in [6.45, 7) is 9.68. The van der Waals surface area contributed by atoms with Gasteiger partial charge in [0.2, 0.25) is 0 Å². The standard InChI is InChI=1S/C58H41NOS2/c1-55(2)38-19-7-11-23-42(38)57(43-24-12-8-20-39(43)55)46-31-32-61-53(46)58(44-25-13-9-21-40(44)56(3,4)41-22-10-14-26-45(41)58)47-33-50(62-54(47)57)59-48-27-15-5-17-34(48)36-29-30-37-35-18-6-16-28-49(35)60-52(37)51(36)59/h5-33H,1-4H3. The highest BCUT2D eigenvalue weighted by Crippen LogP contribution is 2.69. The van der Waals surface area contributed by atoms with Crippen molar-refractivity contribution in [2.45, 2.75) is 49.4 Å². The molecule has 0 radical (unpaired) electrons. The molecule has 0 atom stereocenters. The number of hydrogen-bond acceptors (Lipinski definition) is 3. The van der Waals surface area contributed by atoms with Gasteiger partial charge in [0.05, 0.1) is 21.9 Å². The van der Waals surface area contributed by atoms with E-state index in [2.05, 4.69) is 208 Å². The zero-order valence-electron chi connectivity index (χ0n) is 34.9. The van der Waals surface area contributed by atoms with Crippen molar-refractivity contribution in [1.29, 1.82) is 0 Å². The van der Waals surface area contributed by atoms with Crippen LogP contribution < -0.4 is 0 Å². The average molecular weight is 832 g/mol. The van der Waals surface area contributed by atoms with E-state index in [0.717, 1.165) is 27.5 Å². The number of aromatic nitrogens is 1. The smallest absolute Gasteiger partial charge is 0.160 e. The van der Waals surface area contributed by atoms with Gasteiger partial charge in [0.1, 0.15) is 10.6 Å². The second-order valence-corrected chi connectivity index (χ2v) is 20.7. The molecule has 3 aliphatic rings. The highest BCUT2D eigenvalue weighted by molar-refractivity contribution is 7.15. The molecule has 0 amide bonds. The van der Waals surface area contributed by atoms with Gasteiger partial charge in [-0.2, -0.15) is 0 Å². The summed E-state index contributed by atoms with van der Waals surface area (Å²) in [5, 5.41) is 8.29. The maximum Gasteiger partial charge on any atom is 0.160 e. The molecule has 2 nitrogen and oxygen atoms in total. The fraction of sp³-hybridized carbons (Fsp3) is 0.138. The highest BCUT2D eigenvalue weighted by atomic mass is 32.1. The van der Waals surface area contributed by atoms with Gasteiger partial charge in [0, 0.05) is 42.1 Å². The van der Waals surface area contributed by atoms with Crippen molar-refractivity contribution in [3.8, 4) is 5.00 Å². The predicted molar refractivity (Wildman–Crippen MR) is 258 cm³/mol. The van der Waals surface area contributed by atoms with E-state index in [0.29, 0.717) is 0 Å². The summed E-state index contributed by atoms with van der Waals surface area (Å²) >= 11 is 3.92. The van der Waals surface area contributed by atoms with Crippen molar-refractivity contribution in [3.05, 3.63) is 241 Å². The fourth-order valence-electron chi connectivity index (χ4n) is 12.7. The van der Waals surface area contributed by atoms with E-state index in [-0.39, 0.29) is 10.8 Å². The first-order chi connectivity index (χ1) is 30.3. The highest BCUT2D eigenvalue weighted by Gasteiger charge is 2.62. The zero-order valence-corrected chi connectivity index (χ0v) is 36.5. The van der Waals surface area contributed by atoms with Crippen LogP contribution in [-0.4, -0.2) is 4.57 Å². The molecule has 2 spiro atoms. The van der Waals surface area contributed by atoms with Crippen molar-refractivity contribution in [2.24, 2.45) is 0 Å². The van der Waals surface area contributed by atoms with Gasteiger partial charge in [-0.1, -0.05) is 167 Å². The fourth-order valence-corrected chi connectivity index (χ4v) is 15.4. The Morgan fingerprint density at radius 1 is 0.419 bits per heavy atom. The Morgan fingerprint density at radius 3 is 1.50 bits per heavy atom. The van der Waals surface area contributed by atoms with Crippen LogP contribution in [0.1, 0.15) is 93.1 Å². The molecule has 0 bridgehead atoms. The molecule has 11 aromatic rings. The molecule has 0 saturated heterocycles. The van der Waals surface area contributed by atoms with Crippen LogP contribution in [-0.2, 0) is 21.7 Å². The minimum Gasteiger partial charge on any atom is -0.454 e. The van der Waals surface area contributed by atoms with Gasteiger partial charge in [-0.05, 0) is 91.3 Å². The summed E-state index contributed by atoms with van der Waals surface area (Å²) in [7, 11) is 0. The molecule has 296 valence electrons. The van der Waals surface area contributed by atoms with Crippen LogP contribution in [0.3, 0.4) is 0 Å². The maximum atomic E-state index is 6.93. The summed E-state index contributed by atoms with van der Waals surface area (Å²) in [6, 6.07) is 64.5. The van der Waals surface area contributed by atoms with Crippen LogP contribution in [0.25, 0.3) is 48.7 Å². The number of rotatable bonds is 1. The largest absolute Gasteiger partial charge is 0.454 e. The lowest BCUT2D eigenvalue weighted by atomic mass is 9.48. The Balaban J connectivity index is 1.22. The molecule has 4 aromatic heterocycles. The van der Waals surface area contributed by atoms with Crippen LogP contribution in [0.2, 0.25) is 0 Å². The Morgan fingerprint density at radius 2 is 0.903 bits per heavy atom. The van der Waals surface area contributed by atoms with Gasteiger partial charge in [0.15, 0.2) is 5.58 Å². The SMILES string of the molecule is CC1(C)c2ccccc2C2(c3ccccc31)c1cc(-n3c4ccccc4c4ccc5c6ccccc6oc5c43)sc1C1(c3ccccc3C(C)(C)c3ccccc31)c1ccsc12. The summed E-state index contributed by atoms with van der Waals surface area (Å²) in [5.41, 5.74) is 16.5. The molecule has 3 aliphatic carbocycles. The molecular formula is C58H41NOS2. The first kappa shape index (κ1) is 35.2. The van der Waals surface area contributed by atoms with Gasteiger partial charge < -0.3 is 4.42 Å². The molecule has 0 saturated carbocycles. The number of para-hydroxylation sites is 2. The number of thiophene rings is 2. The van der Waals surface area contributed by atoms with E-state index in [4.69, 9.17) is 4.42 Å². The minimum atomic E-state index is -0.564. The summed E-state index contributed by atoms with van der Waals surface area (Å²) in [4.78, 5) is 2.80. The lowest BCUT2D eigenvalue weighted by molar-refractivity contribution is 0.522. The molecule has 0 unspecified atom stereocenters. The first-order valence-corrected chi connectivity index (χ1v) is 23.4. The van der Waals surface area contributed by atoms with E-state index in [1.54, 1.807) is 0 Å². The van der Waals surface area contributed by atoms with Crippen LogP contribution in [0.15, 0.2) is 180 Å². The second kappa shape index (κ2) is 11.7. The number of nitrogens with zero attached hydrogens (tertiary/aromatic N) is 1. The Bertz CT molecular complexity index is 3480. The summed E-state index contributed by atoms with van der Waals surface area (Å²) in [5.74, 6) is 0. The quantitative estimate of drug-likeness (QED) is 0.161. The van der Waals surface area contributed by atoms with E-state index in [9.17, 15) is 0 Å². The normalized spacial score (nSPS) is 16.9. The minimum absolute atomic E-state index is 0.197. The van der Waals surface area contributed by atoms with Gasteiger partial charge in [0.25, 0.3) is 0 Å². The molecule has 0 N–H and O–H groups in total. The van der Waals surface area contributed by atoms with E-state index in [1.165, 1.54) is 86.7 Å². The molecule has 14 rings (SSSR count). The van der Waals surface area contributed by atoms with Crippen LogP contribution in [0, 0.1) is 0 Å². The monoisotopic (exact) mass is 831 g/mol. The van der Waals surface area contributed by atoms with Crippen LogP contribution in [0.4, 0.5) is 0 Å². The summed E-state index contributed by atoms with van der Waals surface area (Å²) in [6.07, 6.45) is 0. The zero-order chi connectivity index (χ0) is 41.3. The Labute approximate surface area is 368 Å². The third-order valence-corrected chi connectivity index (χ3v) is 17.6. The lowest BCUT2D eigenvalue weighted by Gasteiger charge is -2.55. The van der Waals surface area contributed by atoms with Crippen molar-refractivity contribution < 1.29 is 4.42 Å². The van der Waals surface area contributed by atoms with E-state index >= 15 is 0 Å². The maximum absolute atomic E-state index is 6.93. The first-order valence-electron chi connectivity index (χ1n) is 21.8. The van der Waals surface area contributed by atoms with Crippen LogP contribution >= 0.6 is 22.7 Å². The molecule has 7 aromatic carbocycles. The molecule has 4 heterocycles. The number of fused-ring (bicyclic) bond motifs is 21.